The van der Waals surface area contributed by atoms with Crippen LogP contribution in [-0.4, -0.2) is 23.4 Å². The molecule has 7 heteroatoms. The van der Waals surface area contributed by atoms with Crippen molar-refractivity contribution in [3.8, 4) is 0 Å². The summed E-state index contributed by atoms with van der Waals surface area (Å²) in [6.07, 6.45) is -1.62. The quantitative estimate of drug-likeness (QED) is 0.747. The van der Waals surface area contributed by atoms with Crippen molar-refractivity contribution in [1.29, 1.82) is 0 Å². The van der Waals surface area contributed by atoms with Gasteiger partial charge in [0.2, 0.25) is 0 Å². The topological polar surface area (TPSA) is 67.9 Å². The van der Waals surface area contributed by atoms with E-state index >= 15 is 0 Å². The molecule has 0 aromatic heterocycles. The Morgan fingerprint density at radius 3 is 1.80 bits per heavy atom. The molecule has 1 N–H and O–H groups in total. The molecule has 0 radical (unpaired) electrons. The predicted octanol–water partition coefficient (Wildman–Crippen LogP) is 4.62. The summed E-state index contributed by atoms with van der Waals surface area (Å²) in [7, 11) is 0. The first kappa shape index (κ1) is 20.7. The van der Waals surface area contributed by atoms with Crippen LogP contribution in [0.25, 0.3) is 0 Å². The first-order valence-electron chi connectivity index (χ1n) is 7.99. The van der Waals surface area contributed by atoms with Gasteiger partial charge in [-0.2, -0.15) is 5.01 Å². The Kier molecular flexibility index (Phi) is 6.05. The molecule has 1 aromatic carbocycles. The predicted molar refractivity (Wildman–Crippen MR) is 94.0 cm³/mol. The van der Waals surface area contributed by atoms with Crippen molar-refractivity contribution >= 4 is 17.9 Å². The molecule has 0 heterocycles. The van der Waals surface area contributed by atoms with Crippen LogP contribution in [0.2, 0.25) is 0 Å². The van der Waals surface area contributed by atoms with E-state index in [2.05, 4.69) is 5.43 Å². The Bertz CT molecular complexity index is 637. The lowest BCUT2D eigenvalue weighted by molar-refractivity contribution is 0.0425. The second kappa shape index (κ2) is 7.29. The van der Waals surface area contributed by atoms with Crippen LogP contribution >= 0.6 is 0 Å². The first-order chi connectivity index (χ1) is 11.2. The van der Waals surface area contributed by atoms with Crippen LogP contribution in [0.1, 0.15) is 52.7 Å². The average Bonchev–Trinajstić information content (AvgIpc) is 2.37. The molecule has 1 rings (SSSR count). The van der Waals surface area contributed by atoms with E-state index in [1.54, 1.807) is 55.4 Å². The molecule has 1 aromatic rings. The zero-order valence-corrected chi connectivity index (χ0v) is 16.1. The number of carbonyl (C=O) groups excluding carboxylic acids is 2. The molecule has 0 atom stereocenters. The number of benzene rings is 1. The maximum Gasteiger partial charge on any atom is 0.434 e. The number of aryl methyl sites for hydroxylation is 2. The fourth-order valence-corrected chi connectivity index (χ4v) is 1.97. The van der Waals surface area contributed by atoms with E-state index in [1.165, 1.54) is 12.1 Å². The average molecular weight is 354 g/mol. The van der Waals surface area contributed by atoms with E-state index < -0.39 is 23.4 Å². The van der Waals surface area contributed by atoms with Gasteiger partial charge in [-0.1, -0.05) is 0 Å². The van der Waals surface area contributed by atoms with Gasteiger partial charge in [0.1, 0.15) is 17.0 Å². The van der Waals surface area contributed by atoms with Crippen molar-refractivity contribution in [1.82, 2.24) is 5.43 Å². The molecule has 0 saturated heterocycles. The van der Waals surface area contributed by atoms with Gasteiger partial charge < -0.3 is 9.47 Å². The number of ether oxygens (including phenoxy) is 2. The summed E-state index contributed by atoms with van der Waals surface area (Å²) < 4.78 is 24.4. The van der Waals surface area contributed by atoms with Crippen molar-refractivity contribution in [2.75, 3.05) is 5.01 Å². The van der Waals surface area contributed by atoms with Crippen molar-refractivity contribution in [2.45, 2.75) is 66.6 Å². The van der Waals surface area contributed by atoms with Crippen LogP contribution in [0.3, 0.4) is 0 Å². The third-order valence-electron chi connectivity index (χ3n) is 2.86. The van der Waals surface area contributed by atoms with Gasteiger partial charge in [-0.15, -0.1) is 0 Å². The van der Waals surface area contributed by atoms with Crippen LogP contribution in [0.15, 0.2) is 12.1 Å². The molecular weight excluding hydrogens is 327 g/mol. The third kappa shape index (κ3) is 6.60. The standard InChI is InChI=1S/C18H27FN2O4/c1-11-9-13(10-12(2)14(11)19)21(16(23)25-18(6,7)8)20-15(22)24-17(3,4)5/h9-10H,1-8H3,(H,20,22). The van der Waals surface area contributed by atoms with Crippen LogP contribution < -0.4 is 10.4 Å². The Hall–Kier alpha value is -2.31. The molecule has 25 heavy (non-hydrogen) atoms. The Balaban J connectivity index is 3.19. The van der Waals surface area contributed by atoms with Crippen molar-refractivity contribution in [3.63, 3.8) is 0 Å². The minimum atomic E-state index is -0.821. The van der Waals surface area contributed by atoms with E-state index in [0.29, 0.717) is 11.1 Å². The summed E-state index contributed by atoms with van der Waals surface area (Å²) in [5, 5.41) is 0.915. The lowest BCUT2D eigenvalue weighted by Crippen LogP contribution is -2.50. The maximum atomic E-state index is 13.9. The summed E-state index contributed by atoms with van der Waals surface area (Å²) in [6, 6.07) is 2.90. The minimum Gasteiger partial charge on any atom is -0.443 e. The number of amides is 2. The molecule has 0 bridgehead atoms. The van der Waals surface area contributed by atoms with Gasteiger partial charge in [0.05, 0.1) is 5.69 Å². The van der Waals surface area contributed by atoms with Gasteiger partial charge in [-0.3, -0.25) is 0 Å². The molecule has 0 unspecified atom stereocenters. The Morgan fingerprint density at radius 1 is 0.960 bits per heavy atom. The van der Waals surface area contributed by atoms with Gasteiger partial charge in [-0.05, 0) is 78.6 Å². The zero-order valence-electron chi connectivity index (χ0n) is 16.1. The van der Waals surface area contributed by atoms with Gasteiger partial charge in [0.25, 0.3) is 0 Å². The number of carbonyl (C=O) groups is 2. The highest BCUT2D eigenvalue weighted by Gasteiger charge is 2.28. The van der Waals surface area contributed by atoms with Crippen LogP contribution in [0, 0.1) is 19.7 Å². The Labute approximate surface area is 148 Å². The van der Waals surface area contributed by atoms with E-state index in [4.69, 9.17) is 9.47 Å². The number of halogens is 1. The number of nitrogens with one attached hydrogen (secondary N) is 1. The number of hydrogen-bond donors (Lipinski definition) is 1. The lowest BCUT2D eigenvalue weighted by Gasteiger charge is -2.29. The summed E-state index contributed by atoms with van der Waals surface area (Å²) in [5.41, 5.74) is 1.81. The third-order valence-corrected chi connectivity index (χ3v) is 2.86. The van der Waals surface area contributed by atoms with Crippen LogP contribution in [0.4, 0.5) is 19.7 Å². The van der Waals surface area contributed by atoms with Gasteiger partial charge >= 0.3 is 12.2 Å². The molecule has 0 aliphatic carbocycles. The summed E-state index contributed by atoms with van der Waals surface area (Å²) in [5.74, 6) is -0.370. The molecule has 0 aliphatic rings. The van der Waals surface area contributed by atoms with E-state index in [-0.39, 0.29) is 11.5 Å². The summed E-state index contributed by atoms with van der Waals surface area (Å²) in [6.45, 7) is 13.4. The number of hydrogen-bond acceptors (Lipinski definition) is 4. The smallest absolute Gasteiger partial charge is 0.434 e. The van der Waals surface area contributed by atoms with Crippen molar-refractivity contribution < 1.29 is 23.5 Å². The molecule has 140 valence electrons. The molecule has 0 spiro atoms. The minimum absolute atomic E-state index is 0.275. The normalized spacial score (nSPS) is 11.7. The van der Waals surface area contributed by atoms with Crippen molar-refractivity contribution in [2.24, 2.45) is 0 Å². The largest absolute Gasteiger partial charge is 0.443 e. The molecular formula is C18H27FN2O4. The first-order valence-corrected chi connectivity index (χ1v) is 7.99. The molecule has 0 saturated carbocycles. The fraction of sp³-hybridized carbons (Fsp3) is 0.556. The maximum absolute atomic E-state index is 13.9. The fourth-order valence-electron chi connectivity index (χ4n) is 1.97. The van der Waals surface area contributed by atoms with E-state index in [9.17, 15) is 14.0 Å². The number of anilines is 1. The highest BCUT2D eigenvalue weighted by atomic mass is 19.1. The van der Waals surface area contributed by atoms with E-state index in [1.807, 2.05) is 0 Å². The lowest BCUT2D eigenvalue weighted by atomic mass is 10.1. The summed E-state index contributed by atoms with van der Waals surface area (Å²) >= 11 is 0. The molecule has 6 nitrogen and oxygen atoms in total. The highest BCUT2D eigenvalue weighted by Crippen LogP contribution is 2.23. The van der Waals surface area contributed by atoms with Gasteiger partial charge in [0.15, 0.2) is 0 Å². The SMILES string of the molecule is Cc1cc(N(NC(=O)OC(C)(C)C)C(=O)OC(C)(C)C)cc(C)c1F. The van der Waals surface area contributed by atoms with E-state index in [0.717, 1.165) is 5.01 Å². The van der Waals surface area contributed by atoms with Crippen LogP contribution in [0.5, 0.6) is 0 Å². The van der Waals surface area contributed by atoms with Crippen LogP contribution in [-0.2, 0) is 9.47 Å². The molecule has 0 aliphatic heterocycles. The zero-order chi connectivity index (χ0) is 19.6. The number of nitrogens with zero attached hydrogens (tertiary/aromatic N) is 1. The number of rotatable bonds is 1. The molecule has 0 fully saturated rings. The van der Waals surface area contributed by atoms with Gasteiger partial charge in [-0.25, -0.2) is 19.4 Å². The molecule has 2 amide bonds. The highest BCUT2D eigenvalue weighted by molar-refractivity contribution is 5.91. The van der Waals surface area contributed by atoms with Gasteiger partial charge in [0, 0.05) is 0 Å². The number of hydrazine groups is 1. The second-order valence-electron chi connectivity index (χ2n) is 7.82. The summed E-state index contributed by atoms with van der Waals surface area (Å²) in [4.78, 5) is 24.6. The second-order valence-corrected chi connectivity index (χ2v) is 7.82. The van der Waals surface area contributed by atoms with Crippen molar-refractivity contribution in [3.05, 3.63) is 29.1 Å². The monoisotopic (exact) mass is 354 g/mol. The Morgan fingerprint density at radius 2 is 1.40 bits per heavy atom.